The summed E-state index contributed by atoms with van der Waals surface area (Å²) in [4.78, 5) is 0. The van der Waals surface area contributed by atoms with Crippen molar-refractivity contribution in [2.45, 2.75) is 18.6 Å². The van der Waals surface area contributed by atoms with Gasteiger partial charge in [-0.25, -0.2) is 0 Å². The van der Waals surface area contributed by atoms with Crippen molar-refractivity contribution in [1.82, 2.24) is 0 Å². The van der Waals surface area contributed by atoms with Crippen molar-refractivity contribution < 1.29 is 19.3 Å². The summed E-state index contributed by atoms with van der Waals surface area (Å²) in [5.41, 5.74) is 0.748. The van der Waals surface area contributed by atoms with Gasteiger partial charge < -0.3 is 19.3 Å². The lowest BCUT2D eigenvalue weighted by Crippen LogP contribution is -2.04. The molecule has 88 valence electrons. The Bertz CT molecular complexity index is 360. The van der Waals surface area contributed by atoms with Crippen molar-refractivity contribution in [2.75, 3.05) is 20.8 Å². The van der Waals surface area contributed by atoms with Crippen molar-refractivity contribution in [1.29, 1.82) is 0 Å². The molecular weight excluding hydrogens is 208 g/mol. The number of ether oxygens (including phenoxy) is 3. The molecule has 0 spiro atoms. The van der Waals surface area contributed by atoms with Crippen LogP contribution in [0.2, 0.25) is 0 Å². The summed E-state index contributed by atoms with van der Waals surface area (Å²) >= 11 is 0. The first kappa shape index (κ1) is 11.2. The lowest BCUT2D eigenvalue weighted by atomic mass is 10.0. The minimum Gasteiger partial charge on any atom is -0.493 e. The van der Waals surface area contributed by atoms with Gasteiger partial charge in [0.25, 0.3) is 0 Å². The molecule has 1 aromatic carbocycles. The summed E-state index contributed by atoms with van der Waals surface area (Å²) in [6.07, 6.45) is 0.215. The van der Waals surface area contributed by atoms with Gasteiger partial charge in [-0.2, -0.15) is 0 Å². The number of hydrogen-bond acceptors (Lipinski definition) is 4. The fraction of sp³-hybridized carbons (Fsp3) is 0.500. The molecule has 2 rings (SSSR count). The van der Waals surface area contributed by atoms with Crippen LogP contribution in [0.25, 0.3) is 0 Å². The van der Waals surface area contributed by atoms with Gasteiger partial charge in [0, 0.05) is 12.0 Å². The first-order valence-corrected chi connectivity index (χ1v) is 5.26. The number of rotatable bonds is 5. The molecule has 2 unspecified atom stereocenters. The highest BCUT2D eigenvalue weighted by Gasteiger charge is 2.28. The van der Waals surface area contributed by atoms with E-state index in [1.807, 2.05) is 18.2 Å². The quantitative estimate of drug-likeness (QED) is 0.770. The number of epoxide rings is 1. The number of aliphatic hydroxyl groups is 1. The molecule has 1 aliphatic heterocycles. The first-order valence-electron chi connectivity index (χ1n) is 5.26. The van der Waals surface area contributed by atoms with Gasteiger partial charge in [0.2, 0.25) is 0 Å². The summed E-state index contributed by atoms with van der Waals surface area (Å²) in [7, 11) is 3.15. The van der Waals surface area contributed by atoms with E-state index in [-0.39, 0.29) is 6.10 Å². The second-order valence-electron chi connectivity index (χ2n) is 3.79. The van der Waals surface area contributed by atoms with E-state index in [1.54, 1.807) is 14.2 Å². The predicted octanol–water partition coefficient (Wildman–Crippen LogP) is 1.53. The molecule has 1 aliphatic rings. The molecule has 1 heterocycles. The van der Waals surface area contributed by atoms with E-state index in [2.05, 4.69) is 0 Å². The first-order chi connectivity index (χ1) is 7.76. The molecule has 0 radical (unpaired) electrons. The van der Waals surface area contributed by atoms with E-state index in [9.17, 15) is 5.11 Å². The number of aliphatic hydroxyl groups excluding tert-OH is 1. The third-order valence-electron chi connectivity index (χ3n) is 2.68. The molecule has 4 heteroatoms. The molecule has 4 nitrogen and oxygen atoms in total. The van der Waals surface area contributed by atoms with Crippen molar-refractivity contribution in [2.24, 2.45) is 0 Å². The largest absolute Gasteiger partial charge is 0.493 e. The molecular formula is C12H16O4. The van der Waals surface area contributed by atoms with Gasteiger partial charge in [-0.15, -0.1) is 0 Å². The smallest absolute Gasteiger partial charge is 0.166 e. The highest BCUT2D eigenvalue weighted by Crippen LogP contribution is 2.37. The van der Waals surface area contributed by atoms with Crippen LogP contribution in [0.15, 0.2) is 18.2 Å². The van der Waals surface area contributed by atoms with Crippen molar-refractivity contribution in [3.63, 3.8) is 0 Å². The average molecular weight is 224 g/mol. The zero-order valence-corrected chi connectivity index (χ0v) is 9.47. The van der Waals surface area contributed by atoms with Gasteiger partial charge in [0.15, 0.2) is 11.5 Å². The molecule has 1 saturated heterocycles. The highest BCUT2D eigenvalue weighted by atomic mass is 16.6. The van der Waals surface area contributed by atoms with E-state index in [4.69, 9.17) is 14.2 Å². The van der Waals surface area contributed by atoms with Gasteiger partial charge in [0.05, 0.1) is 33.0 Å². The molecule has 0 saturated carbocycles. The van der Waals surface area contributed by atoms with E-state index < -0.39 is 6.10 Å². The molecule has 0 bridgehead atoms. The minimum atomic E-state index is -0.572. The summed E-state index contributed by atoms with van der Waals surface area (Å²) in [5, 5.41) is 10.0. The van der Waals surface area contributed by atoms with Crippen LogP contribution in [0.5, 0.6) is 11.5 Å². The molecule has 1 aromatic rings. The molecule has 16 heavy (non-hydrogen) atoms. The van der Waals surface area contributed by atoms with Crippen molar-refractivity contribution in [3.05, 3.63) is 23.8 Å². The Morgan fingerprint density at radius 2 is 2.19 bits per heavy atom. The Hall–Kier alpha value is -1.26. The molecule has 2 atom stereocenters. The van der Waals surface area contributed by atoms with Crippen LogP contribution < -0.4 is 9.47 Å². The maximum atomic E-state index is 10.0. The van der Waals surface area contributed by atoms with Gasteiger partial charge in [-0.3, -0.25) is 0 Å². The standard InChI is InChI=1S/C12H16O4/c1-14-11-5-3-4-9(12(11)15-2)10(13)6-8-7-16-8/h3-5,8,10,13H,6-7H2,1-2H3. The van der Waals surface area contributed by atoms with E-state index in [1.165, 1.54) is 0 Å². The lowest BCUT2D eigenvalue weighted by Gasteiger charge is -2.16. The number of methoxy groups -OCH3 is 2. The van der Waals surface area contributed by atoms with Gasteiger partial charge in [-0.1, -0.05) is 12.1 Å². The van der Waals surface area contributed by atoms with E-state index in [0.29, 0.717) is 17.9 Å². The van der Waals surface area contributed by atoms with Crippen molar-refractivity contribution in [3.8, 4) is 11.5 Å². The van der Waals surface area contributed by atoms with Crippen LogP contribution in [0.3, 0.4) is 0 Å². The van der Waals surface area contributed by atoms with Gasteiger partial charge in [0.1, 0.15) is 0 Å². The van der Waals surface area contributed by atoms with Crippen LogP contribution in [-0.2, 0) is 4.74 Å². The van der Waals surface area contributed by atoms with Gasteiger partial charge >= 0.3 is 0 Å². The molecule has 0 amide bonds. The maximum Gasteiger partial charge on any atom is 0.166 e. The molecule has 0 aromatic heterocycles. The third-order valence-corrected chi connectivity index (χ3v) is 2.68. The van der Waals surface area contributed by atoms with Crippen LogP contribution in [0.4, 0.5) is 0 Å². The third kappa shape index (κ3) is 2.28. The van der Waals surface area contributed by atoms with E-state index in [0.717, 1.165) is 12.2 Å². The fourth-order valence-electron chi connectivity index (χ4n) is 1.75. The number of hydrogen-bond donors (Lipinski definition) is 1. The van der Waals surface area contributed by atoms with Gasteiger partial charge in [-0.05, 0) is 6.07 Å². The van der Waals surface area contributed by atoms with Crippen LogP contribution in [-0.4, -0.2) is 32.0 Å². The summed E-state index contributed by atoms with van der Waals surface area (Å²) in [5.74, 6) is 1.23. The Morgan fingerprint density at radius 3 is 2.75 bits per heavy atom. The minimum absolute atomic E-state index is 0.186. The monoisotopic (exact) mass is 224 g/mol. The fourth-order valence-corrected chi connectivity index (χ4v) is 1.75. The lowest BCUT2D eigenvalue weighted by molar-refractivity contribution is 0.149. The SMILES string of the molecule is COc1cccc(C(O)CC2CO2)c1OC. The Kier molecular flexibility index (Phi) is 3.31. The zero-order chi connectivity index (χ0) is 11.5. The van der Waals surface area contributed by atoms with Crippen molar-refractivity contribution >= 4 is 0 Å². The zero-order valence-electron chi connectivity index (χ0n) is 9.47. The topological polar surface area (TPSA) is 51.2 Å². The normalized spacial score (nSPS) is 20.3. The number of para-hydroxylation sites is 1. The predicted molar refractivity (Wildman–Crippen MR) is 58.9 cm³/mol. The highest BCUT2D eigenvalue weighted by molar-refractivity contribution is 5.47. The van der Waals surface area contributed by atoms with Crippen LogP contribution in [0, 0.1) is 0 Å². The average Bonchev–Trinajstić information content (AvgIpc) is 3.11. The molecule has 0 aliphatic carbocycles. The Morgan fingerprint density at radius 1 is 1.44 bits per heavy atom. The Balaban J connectivity index is 2.23. The second kappa shape index (κ2) is 4.72. The van der Waals surface area contributed by atoms with Crippen LogP contribution >= 0.6 is 0 Å². The Labute approximate surface area is 94.8 Å². The molecule has 1 N–H and O–H groups in total. The number of benzene rings is 1. The maximum absolute atomic E-state index is 10.0. The van der Waals surface area contributed by atoms with Crippen LogP contribution in [0.1, 0.15) is 18.1 Å². The summed E-state index contributed by atoms with van der Waals surface area (Å²) in [6, 6.07) is 5.49. The van der Waals surface area contributed by atoms with E-state index >= 15 is 0 Å². The summed E-state index contributed by atoms with van der Waals surface area (Å²) in [6.45, 7) is 0.739. The second-order valence-corrected chi connectivity index (χ2v) is 3.79. The summed E-state index contributed by atoms with van der Waals surface area (Å²) < 4.78 is 15.5. The molecule has 1 fully saturated rings.